The molecule has 0 aromatic heterocycles. The van der Waals surface area contributed by atoms with Crippen molar-refractivity contribution < 1.29 is 4.74 Å². The van der Waals surface area contributed by atoms with E-state index in [2.05, 4.69) is 57.6 Å². The van der Waals surface area contributed by atoms with Crippen molar-refractivity contribution in [1.29, 1.82) is 0 Å². The molecule has 106 valence electrons. The van der Waals surface area contributed by atoms with Gasteiger partial charge in [0.05, 0.1) is 12.6 Å². The first-order chi connectivity index (χ1) is 9.61. The molecule has 2 nitrogen and oxygen atoms in total. The fraction of sp³-hybridized carbons (Fsp3) is 0.250. The Kier molecular flexibility index (Phi) is 5.86. The molecule has 2 N–H and O–H groups in total. The van der Waals surface area contributed by atoms with Crippen molar-refractivity contribution in [2.75, 3.05) is 6.61 Å². The summed E-state index contributed by atoms with van der Waals surface area (Å²) in [5.41, 5.74) is 8.58. The Bertz CT molecular complexity index is 571. The Labute approximate surface area is 142 Å². The van der Waals surface area contributed by atoms with Crippen molar-refractivity contribution in [2.24, 2.45) is 5.73 Å². The van der Waals surface area contributed by atoms with Gasteiger partial charge in [-0.2, -0.15) is 0 Å². The highest BCUT2D eigenvalue weighted by Gasteiger charge is 2.12. The number of halogens is 2. The third-order valence-electron chi connectivity index (χ3n) is 3.01. The van der Waals surface area contributed by atoms with E-state index in [-0.39, 0.29) is 6.04 Å². The molecule has 0 aliphatic rings. The van der Waals surface area contributed by atoms with E-state index in [9.17, 15) is 0 Å². The standard InChI is InChI=1S/C16H17BrINO/c1-2-9-20-13-6-3-11(4-7-13)16(19)14-10-12(17)5-8-15(14)18/h3-8,10,16H,2,9,19H2,1H3. The topological polar surface area (TPSA) is 35.2 Å². The Morgan fingerprint density at radius 3 is 2.55 bits per heavy atom. The maximum absolute atomic E-state index is 6.37. The molecule has 20 heavy (non-hydrogen) atoms. The van der Waals surface area contributed by atoms with E-state index in [0.29, 0.717) is 0 Å². The van der Waals surface area contributed by atoms with Gasteiger partial charge in [0.2, 0.25) is 0 Å². The molecule has 0 aliphatic carbocycles. The fourth-order valence-corrected chi connectivity index (χ4v) is 2.97. The average Bonchev–Trinajstić information content (AvgIpc) is 2.47. The lowest BCUT2D eigenvalue weighted by Gasteiger charge is -2.15. The van der Waals surface area contributed by atoms with Gasteiger partial charge in [0.15, 0.2) is 0 Å². The van der Waals surface area contributed by atoms with Crippen LogP contribution in [0.15, 0.2) is 46.9 Å². The third kappa shape index (κ3) is 3.96. The number of ether oxygens (including phenoxy) is 1. The zero-order valence-corrected chi connectivity index (χ0v) is 15.0. The zero-order chi connectivity index (χ0) is 14.5. The molecule has 1 atom stereocenters. The van der Waals surface area contributed by atoms with E-state index in [1.54, 1.807) is 0 Å². The van der Waals surface area contributed by atoms with Crippen LogP contribution in [0.4, 0.5) is 0 Å². The largest absolute Gasteiger partial charge is 0.494 e. The second-order valence-electron chi connectivity index (χ2n) is 4.56. The first-order valence-electron chi connectivity index (χ1n) is 6.55. The van der Waals surface area contributed by atoms with Crippen LogP contribution < -0.4 is 10.5 Å². The van der Waals surface area contributed by atoms with Crippen molar-refractivity contribution in [3.63, 3.8) is 0 Å². The molecule has 2 aromatic carbocycles. The minimum absolute atomic E-state index is 0.125. The Hall–Kier alpha value is -0.590. The minimum atomic E-state index is -0.125. The molecule has 1 unspecified atom stereocenters. The molecule has 2 rings (SSSR count). The van der Waals surface area contributed by atoms with Crippen LogP contribution in [0.5, 0.6) is 5.75 Å². The summed E-state index contributed by atoms with van der Waals surface area (Å²) in [6.45, 7) is 2.84. The van der Waals surface area contributed by atoms with E-state index in [1.165, 1.54) is 3.57 Å². The van der Waals surface area contributed by atoms with Gasteiger partial charge in [0.1, 0.15) is 5.75 Å². The first kappa shape index (κ1) is 15.8. The number of benzene rings is 2. The van der Waals surface area contributed by atoms with Crippen molar-refractivity contribution in [2.45, 2.75) is 19.4 Å². The van der Waals surface area contributed by atoms with Gasteiger partial charge in [0.25, 0.3) is 0 Å². The summed E-state index contributed by atoms with van der Waals surface area (Å²) in [5, 5.41) is 0. The number of rotatable bonds is 5. The van der Waals surface area contributed by atoms with E-state index in [4.69, 9.17) is 10.5 Å². The SMILES string of the molecule is CCCOc1ccc(C(N)c2cc(Br)ccc2I)cc1. The van der Waals surface area contributed by atoms with Crippen molar-refractivity contribution in [1.82, 2.24) is 0 Å². The molecule has 0 amide bonds. The molecule has 0 aliphatic heterocycles. The highest BCUT2D eigenvalue weighted by atomic mass is 127. The molecule has 0 spiro atoms. The molecule has 0 heterocycles. The number of hydrogen-bond donors (Lipinski definition) is 1. The molecular weight excluding hydrogens is 429 g/mol. The van der Waals surface area contributed by atoms with Crippen molar-refractivity contribution in [3.8, 4) is 5.75 Å². The fourth-order valence-electron chi connectivity index (χ4n) is 1.92. The minimum Gasteiger partial charge on any atom is -0.494 e. The van der Waals surface area contributed by atoms with Gasteiger partial charge in [-0.1, -0.05) is 35.0 Å². The predicted octanol–water partition coefficient (Wildman–Crippen LogP) is 4.89. The van der Waals surface area contributed by atoms with Gasteiger partial charge in [-0.25, -0.2) is 0 Å². The third-order valence-corrected chi connectivity index (χ3v) is 4.48. The quantitative estimate of drug-likeness (QED) is 0.665. The second kappa shape index (κ2) is 7.43. The first-order valence-corrected chi connectivity index (χ1v) is 8.42. The van der Waals surface area contributed by atoms with E-state index in [0.717, 1.165) is 34.4 Å². The van der Waals surface area contributed by atoms with Crippen molar-refractivity contribution in [3.05, 3.63) is 61.6 Å². The molecule has 0 fully saturated rings. The van der Waals surface area contributed by atoms with Crippen LogP contribution in [-0.4, -0.2) is 6.61 Å². The summed E-state index contributed by atoms with van der Waals surface area (Å²) in [7, 11) is 0. The lowest BCUT2D eigenvalue weighted by molar-refractivity contribution is 0.317. The summed E-state index contributed by atoms with van der Waals surface area (Å²) < 4.78 is 7.81. The lowest BCUT2D eigenvalue weighted by atomic mass is 10.00. The normalized spacial score (nSPS) is 12.2. The maximum atomic E-state index is 6.37. The predicted molar refractivity (Wildman–Crippen MR) is 95.1 cm³/mol. The number of hydrogen-bond acceptors (Lipinski definition) is 2. The van der Waals surface area contributed by atoms with Crippen LogP contribution in [0.2, 0.25) is 0 Å². The lowest BCUT2D eigenvalue weighted by Crippen LogP contribution is -2.13. The highest BCUT2D eigenvalue weighted by molar-refractivity contribution is 14.1. The van der Waals surface area contributed by atoms with Gasteiger partial charge in [-0.05, 0) is 70.5 Å². The van der Waals surface area contributed by atoms with Gasteiger partial charge in [-0.15, -0.1) is 0 Å². The van der Waals surface area contributed by atoms with Crippen LogP contribution in [0.3, 0.4) is 0 Å². The van der Waals surface area contributed by atoms with E-state index >= 15 is 0 Å². The average molecular weight is 446 g/mol. The van der Waals surface area contributed by atoms with Crippen LogP contribution in [-0.2, 0) is 0 Å². The molecule has 2 aromatic rings. The van der Waals surface area contributed by atoms with E-state index < -0.39 is 0 Å². The Morgan fingerprint density at radius 1 is 1.20 bits per heavy atom. The van der Waals surface area contributed by atoms with Gasteiger partial charge in [0, 0.05) is 8.04 Å². The van der Waals surface area contributed by atoms with Crippen LogP contribution >= 0.6 is 38.5 Å². The maximum Gasteiger partial charge on any atom is 0.119 e. The number of nitrogens with two attached hydrogens (primary N) is 1. The smallest absolute Gasteiger partial charge is 0.119 e. The van der Waals surface area contributed by atoms with Crippen LogP contribution in [0.25, 0.3) is 0 Å². The summed E-state index contributed by atoms with van der Waals surface area (Å²) in [4.78, 5) is 0. The molecule has 0 saturated heterocycles. The van der Waals surface area contributed by atoms with Crippen LogP contribution in [0, 0.1) is 3.57 Å². The monoisotopic (exact) mass is 445 g/mol. The summed E-state index contributed by atoms with van der Waals surface area (Å²) in [5.74, 6) is 0.895. The molecule has 0 radical (unpaired) electrons. The van der Waals surface area contributed by atoms with Crippen molar-refractivity contribution >= 4 is 38.5 Å². The van der Waals surface area contributed by atoms with Gasteiger partial charge in [-0.3, -0.25) is 0 Å². The summed E-state index contributed by atoms with van der Waals surface area (Å²) in [6.07, 6.45) is 1.01. The van der Waals surface area contributed by atoms with E-state index in [1.807, 2.05) is 30.3 Å². The Morgan fingerprint density at radius 2 is 1.90 bits per heavy atom. The second-order valence-corrected chi connectivity index (χ2v) is 6.64. The van der Waals surface area contributed by atoms with Gasteiger partial charge < -0.3 is 10.5 Å². The highest BCUT2D eigenvalue weighted by Crippen LogP contribution is 2.28. The molecule has 0 bridgehead atoms. The zero-order valence-electron chi connectivity index (χ0n) is 11.3. The van der Waals surface area contributed by atoms with Gasteiger partial charge >= 0.3 is 0 Å². The van der Waals surface area contributed by atoms with Crippen LogP contribution in [0.1, 0.15) is 30.5 Å². The summed E-state index contributed by atoms with van der Waals surface area (Å²) in [6, 6.07) is 14.1. The molecule has 0 saturated carbocycles. The molecule has 4 heteroatoms. The Balaban J connectivity index is 2.20. The summed E-state index contributed by atoms with van der Waals surface area (Å²) >= 11 is 5.82. The molecular formula is C16H17BrINO.